The smallest absolute Gasteiger partial charge is 0.264 e. The molecule has 0 saturated carbocycles. The zero-order chi connectivity index (χ0) is 23.9. The Bertz CT molecular complexity index is 1490. The quantitative estimate of drug-likeness (QED) is 0.422. The van der Waals surface area contributed by atoms with E-state index < -0.39 is 10.0 Å². The molecule has 0 atom stereocenters. The van der Waals surface area contributed by atoms with Gasteiger partial charge in [0.2, 0.25) is 0 Å². The summed E-state index contributed by atoms with van der Waals surface area (Å²) in [6.07, 6.45) is 0.676. The Labute approximate surface area is 199 Å². The van der Waals surface area contributed by atoms with Crippen LogP contribution in [0.3, 0.4) is 0 Å². The number of aryl methyl sites for hydroxylation is 1. The number of para-hydroxylation sites is 3. The number of sulfonamides is 1. The molecule has 0 fully saturated rings. The predicted octanol–water partition coefficient (Wildman–Crippen LogP) is 4.08. The van der Waals surface area contributed by atoms with Crippen LogP contribution in [0.4, 0.5) is 5.69 Å². The van der Waals surface area contributed by atoms with E-state index in [1.807, 2.05) is 55.5 Å². The molecule has 0 saturated heterocycles. The number of anilines is 1. The summed E-state index contributed by atoms with van der Waals surface area (Å²) >= 11 is 0. The predicted molar refractivity (Wildman–Crippen MR) is 132 cm³/mol. The largest absolute Gasteiger partial charge is 0.334 e. The molecular weight excluding hydrogens is 448 g/mol. The van der Waals surface area contributed by atoms with Crippen LogP contribution in [0.5, 0.6) is 0 Å². The number of imidazole rings is 1. The molecule has 2 heterocycles. The number of carbonyl (C=O) groups excluding carboxylic acids is 1. The zero-order valence-electron chi connectivity index (χ0n) is 19.2. The normalized spacial score (nSPS) is 13.3. The molecule has 1 aliphatic heterocycles. The Morgan fingerprint density at radius 2 is 1.79 bits per heavy atom. The number of benzene rings is 3. The van der Waals surface area contributed by atoms with Gasteiger partial charge in [0.15, 0.2) is 0 Å². The average Bonchev–Trinajstić information content (AvgIpc) is 3.45. The summed E-state index contributed by atoms with van der Waals surface area (Å²) in [5, 5.41) is 0. The third kappa shape index (κ3) is 3.74. The Morgan fingerprint density at radius 3 is 2.62 bits per heavy atom. The lowest BCUT2D eigenvalue weighted by molar-refractivity contribution is 0.0780. The lowest BCUT2D eigenvalue weighted by Crippen LogP contribution is -2.30. The van der Waals surface area contributed by atoms with Crippen molar-refractivity contribution in [3.8, 4) is 0 Å². The van der Waals surface area contributed by atoms with Crippen molar-refractivity contribution in [3.63, 3.8) is 0 Å². The van der Waals surface area contributed by atoms with Crippen LogP contribution in [0.15, 0.2) is 77.7 Å². The van der Waals surface area contributed by atoms with Crippen LogP contribution in [-0.2, 0) is 29.5 Å². The van der Waals surface area contributed by atoms with E-state index in [9.17, 15) is 13.2 Å². The highest BCUT2D eigenvalue weighted by molar-refractivity contribution is 7.92. The molecule has 1 amide bonds. The van der Waals surface area contributed by atoms with Crippen molar-refractivity contribution in [3.05, 3.63) is 89.7 Å². The van der Waals surface area contributed by atoms with E-state index in [1.165, 1.54) is 10.4 Å². The van der Waals surface area contributed by atoms with E-state index in [1.54, 1.807) is 30.1 Å². The molecule has 34 heavy (non-hydrogen) atoms. The van der Waals surface area contributed by atoms with Crippen molar-refractivity contribution in [2.75, 3.05) is 17.9 Å². The fourth-order valence-electron chi connectivity index (χ4n) is 4.58. The van der Waals surface area contributed by atoms with Gasteiger partial charge in [-0.1, -0.05) is 36.4 Å². The average molecular weight is 475 g/mol. The van der Waals surface area contributed by atoms with Gasteiger partial charge in [-0.3, -0.25) is 9.10 Å². The molecule has 5 rings (SSSR count). The Kier molecular flexibility index (Phi) is 5.61. The first-order valence-electron chi connectivity index (χ1n) is 11.3. The Balaban J connectivity index is 1.41. The number of carbonyl (C=O) groups is 1. The zero-order valence-corrected chi connectivity index (χ0v) is 20.0. The minimum Gasteiger partial charge on any atom is -0.334 e. The molecule has 1 aromatic heterocycles. The maximum absolute atomic E-state index is 13.4. The maximum Gasteiger partial charge on any atom is 0.264 e. The molecule has 174 valence electrons. The third-order valence-electron chi connectivity index (χ3n) is 6.29. The van der Waals surface area contributed by atoms with E-state index in [-0.39, 0.29) is 10.8 Å². The highest BCUT2D eigenvalue weighted by atomic mass is 32.2. The monoisotopic (exact) mass is 474 g/mol. The second-order valence-electron chi connectivity index (χ2n) is 8.41. The highest BCUT2D eigenvalue weighted by Gasteiger charge is 2.31. The van der Waals surface area contributed by atoms with Gasteiger partial charge in [0.05, 0.1) is 28.2 Å². The molecule has 0 unspecified atom stereocenters. The molecule has 7 nitrogen and oxygen atoms in total. The summed E-state index contributed by atoms with van der Waals surface area (Å²) in [6, 6.07) is 21.7. The van der Waals surface area contributed by atoms with Gasteiger partial charge in [-0.15, -0.1) is 0 Å². The minimum absolute atomic E-state index is 0.115. The SMILES string of the molecule is CCn1c(CN(C)C(=O)c2cccc(S(=O)(=O)N3CCc4ccccc43)c2)nc2ccccc21. The maximum atomic E-state index is 13.4. The van der Waals surface area contributed by atoms with Crippen molar-refractivity contribution in [1.29, 1.82) is 0 Å². The molecule has 3 aromatic carbocycles. The summed E-state index contributed by atoms with van der Waals surface area (Å²) in [4.78, 5) is 19.6. The van der Waals surface area contributed by atoms with Crippen LogP contribution in [0.1, 0.15) is 28.7 Å². The number of rotatable bonds is 6. The van der Waals surface area contributed by atoms with Crippen molar-refractivity contribution in [2.45, 2.75) is 31.3 Å². The Hall–Kier alpha value is -3.65. The fraction of sp³-hybridized carbons (Fsp3) is 0.231. The van der Waals surface area contributed by atoms with Crippen LogP contribution < -0.4 is 4.31 Å². The van der Waals surface area contributed by atoms with Gasteiger partial charge < -0.3 is 9.47 Å². The van der Waals surface area contributed by atoms with Crippen molar-refractivity contribution >= 4 is 32.7 Å². The second-order valence-corrected chi connectivity index (χ2v) is 10.3. The first-order chi connectivity index (χ1) is 16.4. The van der Waals surface area contributed by atoms with E-state index >= 15 is 0 Å². The number of amides is 1. The molecule has 1 aliphatic rings. The van der Waals surface area contributed by atoms with Gasteiger partial charge in [0, 0.05) is 25.7 Å². The van der Waals surface area contributed by atoms with Crippen LogP contribution in [0.25, 0.3) is 11.0 Å². The van der Waals surface area contributed by atoms with Crippen molar-refractivity contribution < 1.29 is 13.2 Å². The van der Waals surface area contributed by atoms with Gasteiger partial charge in [-0.05, 0) is 55.3 Å². The van der Waals surface area contributed by atoms with Gasteiger partial charge in [-0.25, -0.2) is 13.4 Å². The summed E-state index contributed by atoms with van der Waals surface area (Å²) < 4.78 is 30.3. The van der Waals surface area contributed by atoms with E-state index in [0.717, 1.165) is 29.0 Å². The lowest BCUT2D eigenvalue weighted by Gasteiger charge is -2.21. The summed E-state index contributed by atoms with van der Waals surface area (Å²) in [6.45, 7) is 3.50. The first kappa shape index (κ1) is 22.2. The third-order valence-corrected chi connectivity index (χ3v) is 8.10. The standard InChI is InChI=1S/C26H26N4O3S/c1-3-29-24-14-7-5-12-22(24)27-25(29)18-28(2)26(31)20-10-8-11-21(17-20)34(32,33)30-16-15-19-9-4-6-13-23(19)30/h4-14,17H,3,15-16,18H2,1-2H3. The molecule has 8 heteroatoms. The van der Waals surface area contributed by atoms with Gasteiger partial charge in [0.25, 0.3) is 15.9 Å². The van der Waals surface area contributed by atoms with Gasteiger partial charge >= 0.3 is 0 Å². The highest BCUT2D eigenvalue weighted by Crippen LogP contribution is 2.33. The molecule has 0 aliphatic carbocycles. The minimum atomic E-state index is -3.77. The number of fused-ring (bicyclic) bond motifs is 2. The number of hydrogen-bond donors (Lipinski definition) is 0. The molecule has 0 N–H and O–H groups in total. The van der Waals surface area contributed by atoms with Crippen LogP contribution in [0.2, 0.25) is 0 Å². The van der Waals surface area contributed by atoms with Crippen molar-refractivity contribution in [2.24, 2.45) is 0 Å². The van der Waals surface area contributed by atoms with E-state index in [4.69, 9.17) is 4.98 Å². The molecule has 0 spiro atoms. The van der Waals surface area contributed by atoms with Crippen LogP contribution in [-0.4, -0.2) is 42.4 Å². The van der Waals surface area contributed by atoms with Gasteiger partial charge in [-0.2, -0.15) is 0 Å². The number of aromatic nitrogens is 2. The molecule has 0 bridgehead atoms. The van der Waals surface area contributed by atoms with E-state index in [2.05, 4.69) is 4.57 Å². The lowest BCUT2D eigenvalue weighted by atomic mass is 10.2. The summed E-state index contributed by atoms with van der Waals surface area (Å²) in [5.41, 5.74) is 3.96. The second kappa shape index (κ2) is 8.61. The molecule has 0 radical (unpaired) electrons. The number of nitrogens with zero attached hydrogens (tertiary/aromatic N) is 4. The van der Waals surface area contributed by atoms with Crippen LogP contribution >= 0.6 is 0 Å². The van der Waals surface area contributed by atoms with Crippen molar-refractivity contribution in [1.82, 2.24) is 14.5 Å². The summed E-state index contributed by atoms with van der Waals surface area (Å²) in [5.74, 6) is 0.533. The fourth-order valence-corrected chi connectivity index (χ4v) is 6.13. The molecular formula is C26H26N4O3S. The summed E-state index contributed by atoms with van der Waals surface area (Å²) in [7, 11) is -2.07. The molecule has 4 aromatic rings. The van der Waals surface area contributed by atoms with Gasteiger partial charge in [0.1, 0.15) is 5.82 Å². The number of hydrogen-bond acceptors (Lipinski definition) is 4. The van der Waals surface area contributed by atoms with Crippen LogP contribution in [0, 0.1) is 0 Å². The first-order valence-corrected chi connectivity index (χ1v) is 12.7. The Morgan fingerprint density at radius 1 is 1.03 bits per heavy atom. The topological polar surface area (TPSA) is 75.5 Å². The van der Waals surface area contributed by atoms with E-state index in [0.29, 0.717) is 30.8 Å².